The van der Waals surface area contributed by atoms with Crippen molar-refractivity contribution in [2.24, 2.45) is 0 Å². The molecule has 5 nitrogen and oxygen atoms in total. The first-order chi connectivity index (χ1) is 11.5. The summed E-state index contributed by atoms with van der Waals surface area (Å²) in [6.07, 6.45) is 0.0358. The number of nitrogens with one attached hydrogen (secondary N) is 1. The van der Waals surface area contributed by atoms with Crippen LogP contribution in [0.1, 0.15) is 29.8 Å². The van der Waals surface area contributed by atoms with Gasteiger partial charge in [-0.15, -0.1) is 0 Å². The molecule has 0 unspecified atom stereocenters. The highest BCUT2D eigenvalue weighted by atomic mass is 16.5. The first-order valence-electron chi connectivity index (χ1n) is 7.79. The number of amides is 1. The molecule has 0 atom stereocenters. The van der Waals surface area contributed by atoms with E-state index in [0.717, 1.165) is 11.3 Å². The third-order valence-electron chi connectivity index (χ3n) is 3.40. The van der Waals surface area contributed by atoms with Crippen LogP contribution in [0.25, 0.3) is 0 Å². The Bertz CT molecular complexity index is 680. The molecule has 1 N–H and O–H groups in total. The van der Waals surface area contributed by atoms with Crippen LogP contribution in [0.5, 0.6) is 17.2 Å². The highest BCUT2D eigenvalue weighted by molar-refractivity contribution is 5.94. The Hall–Kier alpha value is -2.69. The number of ether oxygens (including phenoxy) is 3. The van der Waals surface area contributed by atoms with Crippen molar-refractivity contribution in [3.8, 4) is 17.2 Å². The SMILES string of the molecule is COc1ccc(CNC(=O)c2ccc(OC(C)C)c(OC)c2)cc1. The van der Waals surface area contributed by atoms with Crippen molar-refractivity contribution in [3.05, 3.63) is 53.6 Å². The normalized spacial score (nSPS) is 10.4. The lowest BCUT2D eigenvalue weighted by Gasteiger charge is -2.14. The molecule has 0 aliphatic carbocycles. The van der Waals surface area contributed by atoms with Crippen LogP contribution in [0.2, 0.25) is 0 Å². The van der Waals surface area contributed by atoms with Crippen molar-refractivity contribution in [3.63, 3.8) is 0 Å². The van der Waals surface area contributed by atoms with Gasteiger partial charge in [-0.1, -0.05) is 12.1 Å². The second-order valence-corrected chi connectivity index (χ2v) is 5.56. The van der Waals surface area contributed by atoms with Crippen molar-refractivity contribution in [1.29, 1.82) is 0 Å². The van der Waals surface area contributed by atoms with Crippen molar-refractivity contribution >= 4 is 5.91 Å². The number of rotatable bonds is 7. The summed E-state index contributed by atoms with van der Waals surface area (Å²) in [5.41, 5.74) is 1.52. The molecule has 5 heteroatoms. The molecule has 0 saturated carbocycles. The minimum Gasteiger partial charge on any atom is -0.497 e. The minimum absolute atomic E-state index is 0.0358. The largest absolute Gasteiger partial charge is 0.497 e. The molecule has 0 aliphatic heterocycles. The van der Waals surface area contributed by atoms with Gasteiger partial charge >= 0.3 is 0 Å². The fourth-order valence-corrected chi connectivity index (χ4v) is 2.19. The zero-order valence-corrected chi connectivity index (χ0v) is 14.5. The molecule has 128 valence electrons. The average molecular weight is 329 g/mol. The molecule has 0 saturated heterocycles. The van der Waals surface area contributed by atoms with E-state index in [9.17, 15) is 4.79 Å². The van der Waals surface area contributed by atoms with E-state index in [4.69, 9.17) is 14.2 Å². The quantitative estimate of drug-likeness (QED) is 0.845. The Morgan fingerprint density at radius 3 is 2.29 bits per heavy atom. The molecule has 2 aromatic carbocycles. The summed E-state index contributed by atoms with van der Waals surface area (Å²) in [5, 5.41) is 2.89. The number of hydrogen-bond acceptors (Lipinski definition) is 4. The Morgan fingerprint density at radius 1 is 1.00 bits per heavy atom. The fraction of sp³-hybridized carbons (Fsp3) is 0.316. The summed E-state index contributed by atoms with van der Waals surface area (Å²) >= 11 is 0. The predicted molar refractivity (Wildman–Crippen MR) is 92.9 cm³/mol. The second-order valence-electron chi connectivity index (χ2n) is 5.56. The monoisotopic (exact) mass is 329 g/mol. The van der Waals surface area contributed by atoms with Gasteiger partial charge in [-0.2, -0.15) is 0 Å². The van der Waals surface area contributed by atoms with Crippen LogP contribution in [-0.2, 0) is 6.54 Å². The number of carbonyl (C=O) groups is 1. The molecule has 2 aromatic rings. The maximum absolute atomic E-state index is 12.3. The molecule has 0 spiro atoms. The summed E-state index contributed by atoms with van der Waals surface area (Å²) in [4.78, 5) is 12.3. The van der Waals surface area contributed by atoms with Crippen LogP contribution in [0.4, 0.5) is 0 Å². The predicted octanol–water partition coefficient (Wildman–Crippen LogP) is 3.42. The average Bonchev–Trinajstić information content (AvgIpc) is 2.60. The summed E-state index contributed by atoms with van der Waals surface area (Å²) in [7, 11) is 3.18. The Balaban J connectivity index is 2.03. The topological polar surface area (TPSA) is 56.8 Å². The summed E-state index contributed by atoms with van der Waals surface area (Å²) in [6, 6.07) is 12.7. The first-order valence-corrected chi connectivity index (χ1v) is 7.79. The van der Waals surface area contributed by atoms with Crippen LogP contribution in [-0.4, -0.2) is 26.2 Å². The molecular formula is C19H23NO4. The number of benzene rings is 2. The van der Waals surface area contributed by atoms with Gasteiger partial charge in [0.1, 0.15) is 5.75 Å². The van der Waals surface area contributed by atoms with Crippen LogP contribution in [0.15, 0.2) is 42.5 Å². The molecule has 0 heterocycles. The van der Waals surface area contributed by atoms with E-state index >= 15 is 0 Å². The van der Waals surface area contributed by atoms with E-state index in [-0.39, 0.29) is 12.0 Å². The lowest BCUT2D eigenvalue weighted by molar-refractivity contribution is 0.0950. The summed E-state index contributed by atoms with van der Waals surface area (Å²) in [6.45, 7) is 4.32. The van der Waals surface area contributed by atoms with Gasteiger partial charge in [0.25, 0.3) is 5.91 Å². The van der Waals surface area contributed by atoms with Crippen molar-refractivity contribution in [1.82, 2.24) is 5.32 Å². The highest BCUT2D eigenvalue weighted by Crippen LogP contribution is 2.29. The Kier molecular flexibility index (Phi) is 6.07. The van der Waals surface area contributed by atoms with E-state index in [2.05, 4.69) is 5.32 Å². The van der Waals surface area contributed by atoms with Crippen LogP contribution >= 0.6 is 0 Å². The Labute approximate surface area is 142 Å². The molecule has 0 bridgehead atoms. The molecule has 0 aliphatic rings. The molecule has 0 aromatic heterocycles. The molecular weight excluding hydrogens is 306 g/mol. The van der Waals surface area contributed by atoms with E-state index in [1.807, 2.05) is 38.1 Å². The van der Waals surface area contributed by atoms with Gasteiger partial charge < -0.3 is 19.5 Å². The smallest absolute Gasteiger partial charge is 0.251 e. The number of hydrogen-bond donors (Lipinski definition) is 1. The fourth-order valence-electron chi connectivity index (χ4n) is 2.19. The lowest BCUT2D eigenvalue weighted by Crippen LogP contribution is -2.22. The number of methoxy groups -OCH3 is 2. The highest BCUT2D eigenvalue weighted by Gasteiger charge is 2.12. The second kappa shape index (κ2) is 8.24. The van der Waals surface area contributed by atoms with Gasteiger partial charge in [-0.3, -0.25) is 4.79 Å². The first kappa shape index (κ1) is 17.7. The van der Waals surface area contributed by atoms with Crippen molar-refractivity contribution in [2.45, 2.75) is 26.5 Å². The maximum Gasteiger partial charge on any atom is 0.251 e. The molecule has 2 rings (SSSR count). The molecule has 24 heavy (non-hydrogen) atoms. The van der Waals surface area contributed by atoms with E-state index in [1.165, 1.54) is 0 Å². The zero-order chi connectivity index (χ0) is 17.5. The van der Waals surface area contributed by atoms with Crippen LogP contribution < -0.4 is 19.5 Å². The lowest BCUT2D eigenvalue weighted by atomic mass is 10.1. The summed E-state index contributed by atoms with van der Waals surface area (Å²) < 4.78 is 16.1. The van der Waals surface area contributed by atoms with Gasteiger partial charge in [0.05, 0.1) is 20.3 Å². The third kappa shape index (κ3) is 4.65. The van der Waals surface area contributed by atoms with E-state index < -0.39 is 0 Å². The zero-order valence-electron chi connectivity index (χ0n) is 14.5. The van der Waals surface area contributed by atoms with Crippen molar-refractivity contribution in [2.75, 3.05) is 14.2 Å². The van der Waals surface area contributed by atoms with Crippen molar-refractivity contribution < 1.29 is 19.0 Å². The van der Waals surface area contributed by atoms with E-state index in [1.54, 1.807) is 32.4 Å². The van der Waals surface area contributed by atoms with Gasteiger partial charge in [0, 0.05) is 12.1 Å². The number of carbonyl (C=O) groups excluding carboxylic acids is 1. The minimum atomic E-state index is -0.166. The maximum atomic E-state index is 12.3. The third-order valence-corrected chi connectivity index (χ3v) is 3.40. The van der Waals surface area contributed by atoms with Gasteiger partial charge in [0.15, 0.2) is 11.5 Å². The van der Waals surface area contributed by atoms with Crippen LogP contribution in [0.3, 0.4) is 0 Å². The Morgan fingerprint density at radius 2 is 1.71 bits per heavy atom. The molecule has 1 amide bonds. The molecule has 0 radical (unpaired) electrons. The van der Waals surface area contributed by atoms with E-state index in [0.29, 0.717) is 23.6 Å². The van der Waals surface area contributed by atoms with Gasteiger partial charge in [0.2, 0.25) is 0 Å². The van der Waals surface area contributed by atoms with Crippen LogP contribution in [0, 0.1) is 0 Å². The summed E-state index contributed by atoms with van der Waals surface area (Å²) in [5.74, 6) is 1.79. The van der Waals surface area contributed by atoms with Gasteiger partial charge in [-0.05, 0) is 49.7 Å². The van der Waals surface area contributed by atoms with Gasteiger partial charge in [-0.25, -0.2) is 0 Å². The standard InChI is InChI=1S/C19H23NO4/c1-13(2)24-17-10-7-15(11-18(17)23-4)19(21)20-12-14-5-8-16(22-3)9-6-14/h5-11,13H,12H2,1-4H3,(H,20,21). The molecule has 0 fully saturated rings.